The Morgan fingerprint density at radius 2 is 1.88 bits per heavy atom. The highest BCUT2D eigenvalue weighted by Gasteiger charge is 2.18. The molecule has 0 aliphatic rings. The monoisotopic (exact) mass is 471 g/mol. The van der Waals surface area contributed by atoms with Gasteiger partial charge >= 0.3 is 0 Å². The molecule has 4 rings (SSSR count). The van der Waals surface area contributed by atoms with Crippen LogP contribution in [-0.2, 0) is 10.0 Å². The lowest BCUT2D eigenvalue weighted by Crippen LogP contribution is -2.29. The molecule has 0 saturated heterocycles. The topological polar surface area (TPSA) is 108 Å². The largest absolute Gasteiger partial charge is 0.496 e. The number of hydrogen-bond acceptors (Lipinski definition) is 7. The van der Waals surface area contributed by atoms with E-state index in [1.54, 1.807) is 50.2 Å². The van der Waals surface area contributed by atoms with Crippen molar-refractivity contribution in [3.63, 3.8) is 0 Å². The normalized spacial score (nSPS) is 11.6. The summed E-state index contributed by atoms with van der Waals surface area (Å²) in [5, 5.41) is 12.4. The van der Waals surface area contributed by atoms with E-state index in [2.05, 4.69) is 20.0 Å². The SMILES string of the molecule is COc1cc(C)c(S(=O)(=O)NCCOc2ccc3nnc(-c4cccc(F)c4)n3n2)cc1C. The van der Waals surface area contributed by atoms with Crippen molar-refractivity contribution in [2.75, 3.05) is 20.3 Å². The van der Waals surface area contributed by atoms with Crippen molar-refractivity contribution in [3.8, 4) is 23.0 Å². The van der Waals surface area contributed by atoms with Crippen LogP contribution < -0.4 is 14.2 Å². The van der Waals surface area contributed by atoms with Gasteiger partial charge in [0.1, 0.15) is 18.2 Å². The third kappa shape index (κ3) is 4.78. The van der Waals surface area contributed by atoms with E-state index >= 15 is 0 Å². The Hall–Kier alpha value is -3.57. The second-order valence-corrected chi connectivity index (χ2v) is 9.04. The van der Waals surface area contributed by atoms with Gasteiger partial charge in [-0.1, -0.05) is 12.1 Å². The van der Waals surface area contributed by atoms with E-state index in [4.69, 9.17) is 9.47 Å². The van der Waals surface area contributed by atoms with Crippen LogP contribution in [0.2, 0.25) is 0 Å². The highest BCUT2D eigenvalue weighted by atomic mass is 32.2. The van der Waals surface area contributed by atoms with Gasteiger partial charge in [0.25, 0.3) is 0 Å². The summed E-state index contributed by atoms with van der Waals surface area (Å²) in [6.07, 6.45) is 0. The van der Waals surface area contributed by atoms with Gasteiger partial charge in [0.2, 0.25) is 15.9 Å². The number of rotatable bonds is 8. The number of sulfonamides is 1. The molecule has 2 aromatic heterocycles. The number of fused-ring (bicyclic) bond motifs is 1. The van der Waals surface area contributed by atoms with Gasteiger partial charge in [0.05, 0.1) is 12.0 Å². The molecule has 0 amide bonds. The van der Waals surface area contributed by atoms with E-state index < -0.39 is 15.8 Å². The summed E-state index contributed by atoms with van der Waals surface area (Å²) < 4.78 is 53.8. The van der Waals surface area contributed by atoms with Crippen molar-refractivity contribution in [1.29, 1.82) is 0 Å². The number of hydrogen-bond donors (Lipinski definition) is 1. The summed E-state index contributed by atoms with van der Waals surface area (Å²) in [6, 6.07) is 12.5. The number of methoxy groups -OCH3 is 1. The Kier molecular flexibility index (Phi) is 6.25. The van der Waals surface area contributed by atoms with Gasteiger partial charge in [-0.05, 0) is 55.3 Å². The molecule has 0 aliphatic carbocycles. The highest BCUT2D eigenvalue weighted by molar-refractivity contribution is 7.89. The van der Waals surface area contributed by atoms with Crippen molar-refractivity contribution in [1.82, 2.24) is 24.5 Å². The molecule has 2 aromatic carbocycles. The van der Waals surface area contributed by atoms with Crippen LogP contribution in [0.1, 0.15) is 11.1 Å². The molecule has 33 heavy (non-hydrogen) atoms. The van der Waals surface area contributed by atoms with Gasteiger partial charge in [0, 0.05) is 18.2 Å². The van der Waals surface area contributed by atoms with Gasteiger partial charge < -0.3 is 9.47 Å². The van der Waals surface area contributed by atoms with Crippen LogP contribution in [0.25, 0.3) is 17.0 Å². The van der Waals surface area contributed by atoms with Gasteiger partial charge in [-0.2, -0.15) is 4.52 Å². The second-order valence-electron chi connectivity index (χ2n) is 7.31. The minimum Gasteiger partial charge on any atom is -0.496 e. The van der Waals surface area contributed by atoms with Crippen LogP contribution in [0, 0.1) is 19.7 Å². The summed E-state index contributed by atoms with van der Waals surface area (Å²) in [5.74, 6) is 0.839. The fourth-order valence-electron chi connectivity index (χ4n) is 3.34. The van der Waals surface area contributed by atoms with E-state index in [9.17, 15) is 12.8 Å². The first-order chi connectivity index (χ1) is 15.8. The summed E-state index contributed by atoms with van der Waals surface area (Å²) in [7, 11) is -2.19. The van der Waals surface area contributed by atoms with E-state index in [0.717, 1.165) is 5.56 Å². The van der Waals surface area contributed by atoms with Crippen LogP contribution >= 0.6 is 0 Å². The summed E-state index contributed by atoms with van der Waals surface area (Å²) in [5.41, 5.74) is 2.29. The standard InChI is InChI=1S/C22H22FN5O4S/c1-14-12-19(15(2)11-18(14)31-3)33(29,30)24-9-10-32-21-8-7-20-25-26-22(28(20)27-21)16-5-4-6-17(23)13-16/h4-8,11-13,24H,9-10H2,1-3H3. The Morgan fingerprint density at radius 1 is 1.06 bits per heavy atom. The molecule has 4 aromatic rings. The van der Waals surface area contributed by atoms with Crippen LogP contribution in [-0.4, -0.2) is 48.5 Å². The van der Waals surface area contributed by atoms with Crippen LogP contribution in [0.4, 0.5) is 4.39 Å². The Bertz CT molecular complexity index is 1420. The lowest BCUT2D eigenvalue weighted by molar-refractivity contribution is 0.306. The van der Waals surface area contributed by atoms with Crippen molar-refractivity contribution >= 4 is 15.7 Å². The lowest BCUT2D eigenvalue weighted by Gasteiger charge is -2.13. The third-order valence-corrected chi connectivity index (χ3v) is 6.55. The zero-order valence-electron chi connectivity index (χ0n) is 18.2. The molecule has 9 nitrogen and oxygen atoms in total. The lowest BCUT2D eigenvalue weighted by atomic mass is 10.1. The Balaban J connectivity index is 1.44. The van der Waals surface area contributed by atoms with Crippen LogP contribution in [0.3, 0.4) is 0 Å². The van der Waals surface area contributed by atoms with Crippen LogP contribution in [0.15, 0.2) is 53.4 Å². The van der Waals surface area contributed by atoms with Crippen molar-refractivity contribution in [2.45, 2.75) is 18.7 Å². The fourth-order valence-corrected chi connectivity index (χ4v) is 4.66. The first-order valence-corrected chi connectivity index (χ1v) is 11.5. The first kappa shape index (κ1) is 22.6. The number of aromatic nitrogens is 4. The number of aryl methyl sites for hydroxylation is 2. The quantitative estimate of drug-likeness (QED) is 0.394. The maximum Gasteiger partial charge on any atom is 0.240 e. The molecule has 0 atom stereocenters. The number of nitrogens with zero attached hydrogens (tertiary/aromatic N) is 4. The molecular formula is C22H22FN5O4S. The smallest absolute Gasteiger partial charge is 0.240 e. The van der Waals surface area contributed by atoms with E-state index in [-0.39, 0.29) is 23.9 Å². The third-order valence-electron chi connectivity index (χ3n) is 4.95. The zero-order chi connectivity index (χ0) is 23.6. The fraction of sp³-hybridized carbons (Fsp3) is 0.227. The predicted octanol–water partition coefficient (Wildman–Crippen LogP) is 2.91. The Morgan fingerprint density at radius 3 is 2.64 bits per heavy atom. The Labute approximate surface area is 190 Å². The molecular weight excluding hydrogens is 449 g/mol. The molecule has 0 unspecified atom stereocenters. The maximum atomic E-state index is 13.6. The summed E-state index contributed by atoms with van der Waals surface area (Å²) in [6.45, 7) is 3.57. The average molecular weight is 472 g/mol. The molecule has 0 spiro atoms. The van der Waals surface area contributed by atoms with Gasteiger partial charge in [-0.25, -0.2) is 17.5 Å². The number of benzene rings is 2. The van der Waals surface area contributed by atoms with Gasteiger partial charge in [0.15, 0.2) is 11.5 Å². The predicted molar refractivity (Wildman–Crippen MR) is 119 cm³/mol. The van der Waals surface area contributed by atoms with Gasteiger partial charge in [-0.15, -0.1) is 15.3 Å². The maximum absolute atomic E-state index is 13.6. The molecule has 172 valence electrons. The van der Waals surface area contributed by atoms with E-state index in [1.807, 2.05) is 0 Å². The number of ether oxygens (including phenoxy) is 2. The molecule has 0 bridgehead atoms. The van der Waals surface area contributed by atoms with Crippen LogP contribution in [0.5, 0.6) is 11.6 Å². The number of nitrogens with one attached hydrogen (secondary N) is 1. The van der Waals surface area contributed by atoms with Crippen molar-refractivity contribution < 1.29 is 22.3 Å². The van der Waals surface area contributed by atoms with E-state index in [0.29, 0.717) is 28.3 Å². The molecule has 2 heterocycles. The summed E-state index contributed by atoms with van der Waals surface area (Å²) in [4.78, 5) is 0.185. The highest BCUT2D eigenvalue weighted by Crippen LogP contribution is 2.25. The number of halogens is 1. The van der Waals surface area contributed by atoms with Crippen molar-refractivity contribution in [3.05, 3.63) is 65.5 Å². The molecule has 11 heteroatoms. The van der Waals surface area contributed by atoms with Crippen molar-refractivity contribution in [2.24, 2.45) is 0 Å². The minimum atomic E-state index is -3.73. The molecule has 0 aliphatic heterocycles. The zero-order valence-corrected chi connectivity index (χ0v) is 19.1. The first-order valence-electron chi connectivity index (χ1n) is 10.0. The molecule has 0 fully saturated rings. The average Bonchev–Trinajstić information content (AvgIpc) is 3.21. The molecule has 0 saturated carbocycles. The van der Waals surface area contributed by atoms with E-state index in [1.165, 1.54) is 23.8 Å². The molecule has 1 N–H and O–H groups in total. The minimum absolute atomic E-state index is 0.0332. The second kappa shape index (κ2) is 9.12. The van der Waals surface area contributed by atoms with Gasteiger partial charge in [-0.3, -0.25) is 0 Å². The molecule has 0 radical (unpaired) electrons. The summed E-state index contributed by atoms with van der Waals surface area (Å²) >= 11 is 0.